The summed E-state index contributed by atoms with van der Waals surface area (Å²) >= 11 is 0. The second kappa shape index (κ2) is 5.91. The Morgan fingerprint density at radius 1 is 1.24 bits per heavy atom. The van der Waals surface area contributed by atoms with Gasteiger partial charge in [-0.25, -0.2) is 9.97 Å². The summed E-state index contributed by atoms with van der Waals surface area (Å²) in [4.78, 5) is 22.7. The van der Waals surface area contributed by atoms with Crippen LogP contribution in [-0.4, -0.2) is 35.0 Å². The molecule has 0 amide bonds. The third-order valence-corrected chi connectivity index (χ3v) is 3.13. The smallest absolute Gasteiger partial charge is 0.170 e. The maximum atomic E-state index is 12.2. The molecule has 0 bridgehead atoms. The standard InChI is InChI=1S/C16H19N3O2/c1-10(2)14(21)12-9-17-15(18-16(12)19(3)4)11-7-5-6-8-13(11)20/h5-10,20H,1-4H3. The number of rotatable bonds is 4. The minimum absolute atomic E-state index is 0.00235. The molecule has 0 aliphatic carbocycles. The molecule has 0 atom stereocenters. The number of hydrogen-bond donors (Lipinski definition) is 1. The zero-order valence-corrected chi connectivity index (χ0v) is 12.7. The topological polar surface area (TPSA) is 66.3 Å². The first-order chi connectivity index (χ1) is 9.91. The minimum Gasteiger partial charge on any atom is -0.507 e. The lowest BCUT2D eigenvalue weighted by Crippen LogP contribution is -2.19. The van der Waals surface area contributed by atoms with Crippen molar-refractivity contribution in [2.24, 2.45) is 5.92 Å². The lowest BCUT2D eigenvalue weighted by molar-refractivity contribution is 0.0939. The molecule has 0 aliphatic rings. The van der Waals surface area contributed by atoms with Crippen LogP contribution in [0.2, 0.25) is 0 Å². The van der Waals surface area contributed by atoms with E-state index in [4.69, 9.17) is 0 Å². The molecule has 1 aromatic heterocycles. The van der Waals surface area contributed by atoms with Crippen molar-refractivity contribution in [1.29, 1.82) is 0 Å². The summed E-state index contributed by atoms with van der Waals surface area (Å²) < 4.78 is 0. The van der Waals surface area contributed by atoms with Gasteiger partial charge in [-0.1, -0.05) is 26.0 Å². The molecular weight excluding hydrogens is 266 g/mol. The molecule has 1 N–H and O–H groups in total. The third kappa shape index (κ3) is 3.02. The molecule has 5 nitrogen and oxygen atoms in total. The Balaban J connectivity index is 2.56. The summed E-state index contributed by atoms with van der Waals surface area (Å²) in [5.74, 6) is 0.954. The van der Waals surface area contributed by atoms with Crippen LogP contribution in [0.1, 0.15) is 24.2 Å². The van der Waals surface area contributed by atoms with Gasteiger partial charge in [-0.05, 0) is 12.1 Å². The molecule has 1 heterocycles. The second-order valence-corrected chi connectivity index (χ2v) is 5.36. The Morgan fingerprint density at radius 3 is 2.48 bits per heavy atom. The van der Waals surface area contributed by atoms with Crippen molar-refractivity contribution in [3.8, 4) is 17.1 Å². The summed E-state index contributed by atoms with van der Waals surface area (Å²) in [6.45, 7) is 3.69. The van der Waals surface area contributed by atoms with E-state index in [2.05, 4.69) is 9.97 Å². The second-order valence-electron chi connectivity index (χ2n) is 5.36. The quantitative estimate of drug-likeness (QED) is 0.875. The van der Waals surface area contributed by atoms with E-state index in [9.17, 15) is 9.90 Å². The molecule has 0 spiro atoms. The first kappa shape index (κ1) is 15.0. The fraction of sp³-hybridized carbons (Fsp3) is 0.312. The van der Waals surface area contributed by atoms with Crippen LogP contribution in [0.3, 0.4) is 0 Å². The summed E-state index contributed by atoms with van der Waals surface area (Å²) in [6, 6.07) is 6.87. The van der Waals surface area contributed by atoms with Crippen LogP contribution in [0.25, 0.3) is 11.4 Å². The Labute approximate surface area is 124 Å². The van der Waals surface area contributed by atoms with Gasteiger partial charge in [-0.3, -0.25) is 4.79 Å². The maximum Gasteiger partial charge on any atom is 0.170 e. The third-order valence-electron chi connectivity index (χ3n) is 3.13. The molecule has 0 unspecified atom stereocenters. The number of aromatic hydroxyl groups is 1. The monoisotopic (exact) mass is 285 g/mol. The van der Waals surface area contributed by atoms with Gasteiger partial charge in [0.2, 0.25) is 0 Å². The van der Waals surface area contributed by atoms with Crippen LogP contribution >= 0.6 is 0 Å². The summed E-state index contributed by atoms with van der Waals surface area (Å²) in [5, 5.41) is 9.90. The van der Waals surface area contributed by atoms with E-state index in [1.54, 1.807) is 29.2 Å². The number of hydrogen-bond acceptors (Lipinski definition) is 5. The van der Waals surface area contributed by atoms with Crippen LogP contribution < -0.4 is 4.90 Å². The fourth-order valence-electron chi connectivity index (χ4n) is 1.99. The van der Waals surface area contributed by atoms with Crippen molar-refractivity contribution in [3.63, 3.8) is 0 Å². The van der Waals surface area contributed by atoms with E-state index in [1.165, 1.54) is 6.20 Å². The Kier molecular flexibility index (Phi) is 4.21. The molecule has 0 saturated carbocycles. The number of benzene rings is 1. The number of para-hydroxylation sites is 1. The number of carbonyl (C=O) groups excluding carboxylic acids is 1. The molecule has 1 aromatic carbocycles. The normalized spacial score (nSPS) is 10.7. The number of nitrogens with zero attached hydrogens (tertiary/aromatic N) is 3. The minimum atomic E-state index is -0.122. The summed E-state index contributed by atoms with van der Waals surface area (Å²) in [7, 11) is 3.65. The first-order valence-corrected chi connectivity index (χ1v) is 6.78. The number of Topliss-reactive ketones (excluding diaryl/α,β-unsaturated/α-hetero) is 1. The van der Waals surface area contributed by atoms with E-state index in [0.717, 1.165) is 0 Å². The molecular formula is C16H19N3O2. The highest BCUT2D eigenvalue weighted by Crippen LogP contribution is 2.28. The van der Waals surface area contributed by atoms with Gasteiger partial charge in [-0.2, -0.15) is 0 Å². The van der Waals surface area contributed by atoms with Crippen LogP contribution in [0, 0.1) is 5.92 Å². The van der Waals surface area contributed by atoms with Crippen molar-refractivity contribution >= 4 is 11.6 Å². The molecule has 0 aliphatic heterocycles. The summed E-state index contributed by atoms with van der Waals surface area (Å²) in [5.41, 5.74) is 1.04. The van der Waals surface area contributed by atoms with Crippen LogP contribution in [0.5, 0.6) is 5.75 Å². The van der Waals surface area contributed by atoms with Crippen molar-refractivity contribution in [2.45, 2.75) is 13.8 Å². The highest BCUT2D eigenvalue weighted by atomic mass is 16.3. The van der Waals surface area contributed by atoms with Crippen molar-refractivity contribution in [3.05, 3.63) is 36.0 Å². The van der Waals surface area contributed by atoms with Gasteiger partial charge < -0.3 is 10.0 Å². The average Bonchev–Trinajstić information content (AvgIpc) is 2.46. The lowest BCUT2D eigenvalue weighted by Gasteiger charge is -2.17. The lowest BCUT2D eigenvalue weighted by atomic mass is 10.0. The zero-order chi connectivity index (χ0) is 15.6. The Bertz CT molecular complexity index is 666. The zero-order valence-electron chi connectivity index (χ0n) is 12.7. The number of phenolic OH excluding ortho intramolecular Hbond substituents is 1. The number of ketones is 1. The number of anilines is 1. The number of carbonyl (C=O) groups is 1. The SMILES string of the molecule is CC(C)C(=O)c1cnc(-c2ccccc2O)nc1N(C)C. The molecule has 0 fully saturated rings. The fourth-order valence-corrected chi connectivity index (χ4v) is 1.99. The Hall–Kier alpha value is -2.43. The van der Waals surface area contributed by atoms with Gasteiger partial charge in [0, 0.05) is 26.2 Å². The van der Waals surface area contributed by atoms with E-state index < -0.39 is 0 Å². The van der Waals surface area contributed by atoms with E-state index in [1.807, 2.05) is 27.9 Å². The maximum absolute atomic E-state index is 12.2. The van der Waals surface area contributed by atoms with Gasteiger partial charge >= 0.3 is 0 Å². The predicted molar refractivity (Wildman–Crippen MR) is 82.6 cm³/mol. The number of aromatic nitrogens is 2. The molecule has 110 valence electrons. The first-order valence-electron chi connectivity index (χ1n) is 6.78. The van der Waals surface area contributed by atoms with Gasteiger partial charge in [0.25, 0.3) is 0 Å². The molecule has 2 aromatic rings. The van der Waals surface area contributed by atoms with Gasteiger partial charge in [-0.15, -0.1) is 0 Å². The molecule has 0 radical (unpaired) electrons. The average molecular weight is 285 g/mol. The largest absolute Gasteiger partial charge is 0.507 e. The van der Waals surface area contributed by atoms with Gasteiger partial charge in [0.05, 0.1) is 11.1 Å². The molecule has 2 rings (SSSR count). The predicted octanol–water partition coefficient (Wildman–Crippen LogP) is 2.75. The summed E-state index contributed by atoms with van der Waals surface area (Å²) in [6.07, 6.45) is 1.53. The highest BCUT2D eigenvalue weighted by Gasteiger charge is 2.19. The van der Waals surface area contributed by atoms with Crippen LogP contribution in [0.4, 0.5) is 5.82 Å². The van der Waals surface area contributed by atoms with Crippen molar-refractivity contribution < 1.29 is 9.90 Å². The van der Waals surface area contributed by atoms with E-state index >= 15 is 0 Å². The van der Waals surface area contributed by atoms with Gasteiger partial charge in [0.1, 0.15) is 11.6 Å². The van der Waals surface area contributed by atoms with Gasteiger partial charge in [0.15, 0.2) is 11.6 Å². The number of phenols is 1. The highest BCUT2D eigenvalue weighted by molar-refractivity contribution is 6.01. The Morgan fingerprint density at radius 2 is 1.90 bits per heavy atom. The molecule has 21 heavy (non-hydrogen) atoms. The van der Waals surface area contributed by atoms with E-state index in [-0.39, 0.29) is 17.5 Å². The molecule has 0 saturated heterocycles. The molecule has 5 heteroatoms. The van der Waals surface area contributed by atoms with Crippen molar-refractivity contribution in [1.82, 2.24) is 9.97 Å². The van der Waals surface area contributed by atoms with E-state index in [0.29, 0.717) is 22.8 Å². The van der Waals surface area contributed by atoms with Crippen LogP contribution in [-0.2, 0) is 0 Å². The van der Waals surface area contributed by atoms with Crippen LogP contribution in [0.15, 0.2) is 30.5 Å². The van der Waals surface area contributed by atoms with Crippen molar-refractivity contribution in [2.75, 3.05) is 19.0 Å².